The average Bonchev–Trinajstić information content (AvgIpc) is 2.59. The van der Waals surface area contributed by atoms with Crippen LogP contribution in [0.15, 0.2) is 47.4 Å². The maximum absolute atomic E-state index is 12.4. The van der Waals surface area contributed by atoms with Crippen LogP contribution in [-0.4, -0.2) is 42.9 Å². The highest BCUT2D eigenvalue weighted by Crippen LogP contribution is 2.32. The van der Waals surface area contributed by atoms with Crippen molar-refractivity contribution in [1.82, 2.24) is 0 Å². The van der Waals surface area contributed by atoms with Gasteiger partial charge in [0.1, 0.15) is 17.1 Å². The molecule has 25 heavy (non-hydrogen) atoms. The molecule has 1 aliphatic carbocycles. The van der Waals surface area contributed by atoms with Crippen molar-refractivity contribution in [3.8, 4) is 11.5 Å². The Morgan fingerprint density at radius 3 is 2.52 bits per heavy atom. The lowest BCUT2D eigenvalue weighted by atomic mass is 9.86. The van der Waals surface area contributed by atoms with Crippen molar-refractivity contribution >= 4 is 11.9 Å². The molecule has 2 rings (SSSR count). The van der Waals surface area contributed by atoms with Gasteiger partial charge in [-0.3, -0.25) is 4.79 Å². The molecule has 0 fully saturated rings. The number of aromatic hydroxyl groups is 1. The van der Waals surface area contributed by atoms with E-state index in [0.717, 1.165) is 0 Å². The smallest absolute Gasteiger partial charge is 0.173 e. The number of aliphatic hydroxyl groups is 1. The molecule has 0 saturated carbocycles. The van der Waals surface area contributed by atoms with Crippen LogP contribution in [0.3, 0.4) is 0 Å². The number of carbonyl (C=O) groups excluding carboxylic acids is 1. The Hall–Kier alpha value is -2.73. The van der Waals surface area contributed by atoms with E-state index in [-0.39, 0.29) is 35.0 Å². The summed E-state index contributed by atoms with van der Waals surface area (Å²) in [6.45, 7) is 1.77. The third kappa shape index (κ3) is 4.03. The van der Waals surface area contributed by atoms with Gasteiger partial charge in [0.2, 0.25) is 0 Å². The molecule has 0 amide bonds. The van der Waals surface area contributed by atoms with Crippen molar-refractivity contribution in [2.75, 3.05) is 21.3 Å². The molecule has 1 aromatic carbocycles. The molecule has 1 aromatic rings. The van der Waals surface area contributed by atoms with E-state index in [2.05, 4.69) is 0 Å². The Balaban J connectivity index is 2.36. The molecule has 0 saturated heterocycles. The van der Waals surface area contributed by atoms with Crippen LogP contribution >= 0.6 is 0 Å². The van der Waals surface area contributed by atoms with E-state index in [9.17, 15) is 15.0 Å². The zero-order chi connectivity index (χ0) is 18.6. The van der Waals surface area contributed by atoms with Crippen LogP contribution in [0.2, 0.25) is 0 Å². The van der Waals surface area contributed by atoms with E-state index in [1.54, 1.807) is 31.2 Å². The van der Waals surface area contributed by atoms with Crippen LogP contribution in [0.4, 0.5) is 0 Å². The maximum atomic E-state index is 12.4. The van der Waals surface area contributed by atoms with E-state index in [1.165, 1.54) is 33.5 Å². The summed E-state index contributed by atoms with van der Waals surface area (Å²) in [4.78, 5) is 12.4. The molecule has 1 aliphatic rings. The standard InChI is InChI=1S/C19H22O6/c1-19(25-4)10-15(22)18(17(11-19)24-3)13(20)7-5-12-6-8-16(23-2)14(21)9-12/h5-9,11,20-21H,10H2,1-4H3/b7-5+,18-13?. The summed E-state index contributed by atoms with van der Waals surface area (Å²) in [5, 5.41) is 20.1. The van der Waals surface area contributed by atoms with Gasteiger partial charge < -0.3 is 24.4 Å². The predicted octanol–water partition coefficient (Wildman–Crippen LogP) is 3.13. The second kappa shape index (κ2) is 7.44. The molecule has 6 heteroatoms. The van der Waals surface area contributed by atoms with Gasteiger partial charge in [0.05, 0.1) is 19.8 Å². The predicted molar refractivity (Wildman–Crippen MR) is 93.5 cm³/mol. The van der Waals surface area contributed by atoms with Gasteiger partial charge in [-0.15, -0.1) is 0 Å². The number of ketones is 1. The largest absolute Gasteiger partial charge is 0.507 e. The van der Waals surface area contributed by atoms with Crippen molar-refractivity contribution in [2.45, 2.75) is 18.9 Å². The maximum Gasteiger partial charge on any atom is 0.173 e. The number of hydrogen-bond donors (Lipinski definition) is 2. The molecule has 0 bridgehead atoms. The first-order valence-corrected chi connectivity index (χ1v) is 7.67. The highest BCUT2D eigenvalue weighted by molar-refractivity contribution is 6.02. The second-order valence-corrected chi connectivity index (χ2v) is 5.85. The summed E-state index contributed by atoms with van der Waals surface area (Å²) in [5.74, 6) is 0.111. The number of phenols is 1. The number of Topliss-reactive ketones (excluding diaryl/α,β-unsaturated/α-hetero) is 1. The third-order valence-electron chi connectivity index (χ3n) is 4.05. The molecule has 1 unspecified atom stereocenters. The normalized spacial score (nSPS) is 22.7. The zero-order valence-electron chi connectivity index (χ0n) is 14.7. The first-order chi connectivity index (χ1) is 11.8. The van der Waals surface area contributed by atoms with E-state index < -0.39 is 5.60 Å². The number of rotatable bonds is 5. The highest BCUT2D eigenvalue weighted by atomic mass is 16.5. The monoisotopic (exact) mass is 346 g/mol. The molecule has 0 heterocycles. The zero-order valence-corrected chi connectivity index (χ0v) is 14.7. The number of allylic oxidation sites excluding steroid dienone is 2. The summed E-state index contributed by atoms with van der Waals surface area (Å²) < 4.78 is 15.6. The number of aliphatic hydroxyl groups excluding tert-OH is 1. The topological polar surface area (TPSA) is 85.2 Å². The average molecular weight is 346 g/mol. The van der Waals surface area contributed by atoms with Crippen LogP contribution in [0.1, 0.15) is 18.9 Å². The molecule has 0 aromatic heterocycles. The first kappa shape index (κ1) is 18.6. The Morgan fingerprint density at radius 2 is 1.96 bits per heavy atom. The minimum Gasteiger partial charge on any atom is -0.507 e. The van der Waals surface area contributed by atoms with Gasteiger partial charge in [-0.2, -0.15) is 0 Å². The third-order valence-corrected chi connectivity index (χ3v) is 4.05. The SMILES string of the molecule is COC1=CC(C)(OC)CC(=O)C1=C(O)/C=C/c1ccc(OC)c(O)c1. The lowest BCUT2D eigenvalue weighted by Gasteiger charge is -2.30. The van der Waals surface area contributed by atoms with Crippen molar-refractivity contribution in [3.05, 3.63) is 53.0 Å². The fraction of sp³-hybridized carbons (Fsp3) is 0.316. The summed E-state index contributed by atoms with van der Waals surface area (Å²) >= 11 is 0. The van der Waals surface area contributed by atoms with Crippen molar-refractivity contribution in [3.63, 3.8) is 0 Å². The van der Waals surface area contributed by atoms with Gasteiger partial charge in [-0.05, 0) is 36.8 Å². The van der Waals surface area contributed by atoms with E-state index in [4.69, 9.17) is 14.2 Å². The molecule has 1 atom stereocenters. The fourth-order valence-electron chi connectivity index (χ4n) is 2.58. The number of methoxy groups -OCH3 is 3. The second-order valence-electron chi connectivity index (χ2n) is 5.85. The molecule has 2 N–H and O–H groups in total. The molecule has 0 radical (unpaired) electrons. The van der Waals surface area contributed by atoms with Crippen LogP contribution in [0, 0.1) is 0 Å². The summed E-state index contributed by atoms with van der Waals surface area (Å²) in [6.07, 6.45) is 4.74. The van der Waals surface area contributed by atoms with Gasteiger partial charge >= 0.3 is 0 Å². The Morgan fingerprint density at radius 1 is 1.24 bits per heavy atom. The van der Waals surface area contributed by atoms with Crippen LogP contribution < -0.4 is 4.74 Å². The van der Waals surface area contributed by atoms with Crippen molar-refractivity contribution in [1.29, 1.82) is 0 Å². The van der Waals surface area contributed by atoms with E-state index >= 15 is 0 Å². The Labute approximate surface area is 146 Å². The molecular formula is C19H22O6. The van der Waals surface area contributed by atoms with Gasteiger partial charge in [-0.1, -0.05) is 12.1 Å². The van der Waals surface area contributed by atoms with E-state index in [1.807, 2.05) is 0 Å². The molecule has 6 nitrogen and oxygen atoms in total. The van der Waals surface area contributed by atoms with Crippen LogP contribution in [-0.2, 0) is 14.3 Å². The number of ether oxygens (including phenoxy) is 3. The number of phenolic OH excluding ortho intramolecular Hbond substituents is 1. The molecule has 134 valence electrons. The highest BCUT2D eigenvalue weighted by Gasteiger charge is 2.36. The summed E-state index contributed by atoms with van der Waals surface area (Å²) in [5.41, 5.74) is -0.0260. The number of carbonyl (C=O) groups is 1. The lowest BCUT2D eigenvalue weighted by molar-refractivity contribution is -0.120. The van der Waals surface area contributed by atoms with Gasteiger partial charge in [0, 0.05) is 13.5 Å². The van der Waals surface area contributed by atoms with Gasteiger partial charge in [0.15, 0.2) is 17.3 Å². The lowest BCUT2D eigenvalue weighted by Crippen LogP contribution is -2.34. The molecule has 0 spiro atoms. The van der Waals surface area contributed by atoms with E-state index in [0.29, 0.717) is 11.3 Å². The van der Waals surface area contributed by atoms with Gasteiger partial charge in [-0.25, -0.2) is 0 Å². The van der Waals surface area contributed by atoms with Crippen molar-refractivity contribution in [2.24, 2.45) is 0 Å². The minimum atomic E-state index is -0.766. The van der Waals surface area contributed by atoms with Crippen molar-refractivity contribution < 1.29 is 29.2 Å². The van der Waals surface area contributed by atoms with Gasteiger partial charge in [0.25, 0.3) is 0 Å². The number of hydrogen-bond acceptors (Lipinski definition) is 6. The summed E-state index contributed by atoms with van der Waals surface area (Å²) in [7, 11) is 4.41. The first-order valence-electron chi connectivity index (χ1n) is 7.67. The number of benzene rings is 1. The Kier molecular flexibility index (Phi) is 5.54. The van der Waals surface area contributed by atoms with Crippen LogP contribution in [0.25, 0.3) is 6.08 Å². The Bertz CT molecular complexity index is 759. The minimum absolute atomic E-state index is 0.0149. The quantitative estimate of drug-likeness (QED) is 0.629. The van der Waals surface area contributed by atoms with Crippen LogP contribution in [0.5, 0.6) is 11.5 Å². The molecule has 0 aliphatic heterocycles. The fourth-order valence-corrected chi connectivity index (χ4v) is 2.58. The molecular weight excluding hydrogens is 324 g/mol. The summed E-state index contributed by atoms with van der Waals surface area (Å²) in [6, 6.07) is 4.81.